The maximum atomic E-state index is 12.0. The molecule has 0 amide bonds. The number of fused-ring (bicyclic) bond motifs is 1. The van der Waals surface area contributed by atoms with Crippen LogP contribution in [0.2, 0.25) is 0 Å². The number of rotatable bonds is 7. The molecule has 6 heteroatoms. The van der Waals surface area contributed by atoms with E-state index in [0.717, 1.165) is 43.6 Å². The van der Waals surface area contributed by atoms with Crippen LogP contribution in [-0.2, 0) is 11.3 Å². The SMILES string of the molecule is CCOC(=O)c1cc2c(OCC3CCCN(Cc4cccnc4)C3)cccc2o1. The van der Waals surface area contributed by atoms with Crippen LogP contribution in [0.25, 0.3) is 11.0 Å². The van der Waals surface area contributed by atoms with Crippen LogP contribution in [0.5, 0.6) is 5.75 Å². The van der Waals surface area contributed by atoms with Gasteiger partial charge in [-0.3, -0.25) is 9.88 Å². The molecular weight excluding hydrogens is 368 g/mol. The summed E-state index contributed by atoms with van der Waals surface area (Å²) in [4.78, 5) is 18.6. The molecule has 0 spiro atoms. The number of likely N-dealkylation sites (tertiary alicyclic amines) is 1. The number of piperidine rings is 1. The zero-order valence-corrected chi connectivity index (χ0v) is 16.7. The average Bonchev–Trinajstić information content (AvgIpc) is 3.19. The Morgan fingerprint density at radius 2 is 2.24 bits per heavy atom. The summed E-state index contributed by atoms with van der Waals surface area (Å²) in [6.45, 7) is 5.76. The van der Waals surface area contributed by atoms with Crippen LogP contribution in [0.15, 0.2) is 53.2 Å². The maximum absolute atomic E-state index is 12.0. The van der Waals surface area contributed by atoms with Gasteiger partial charge in [0.1, 0.15) is 11.3 Å². The molecule has 0 saturated carbocycles. The predicted octanol–water partition coefficient (Wildman–Crippen LogP) is 4.30. The summed E-state index contributed by atoms with van der Waals surface area (Å²) in [5.74, 6) is 0.962. The Balaban J connectivity index is 1.39. The monoisotopic (exact) mass is 394 g/mol. The van der Waals surface area contributed by atoms with Crippen LogP contribution < -0.4 is 4.74 Å². The number of nitrogens with zero attached hydrogens (tertiary/aromatic N) is 2. The van der Waals surface area contributed by atoms with E-state index in [1.54, 1.807) is 19.2 Å². The molecular formula is C23H26N2O4. The van der Waals surface area contributed by atoms with Gasteiger partial charge in [0.05, 0.1) is 18.6 Å². The molecule has 1 saturated heterocycles. The fourth-order valence-corrected chi connectivity index (χ4v) is 3.85. The predicted molar refractivity (Wildman–Crippen MR) is 110 cm³/mol. The van der Waals surface area contributed by atoms with Crippen molar-refractivity contribution in [2.45, 2.75) is 26.3 Å². The molecule has 3 aromatic rings. The van der Waals surface area contributed by atoms with Gasteiger partial charge in [-0.1, -0.05) is 12.1 Å². The maximum Gasteiger partial charge on any atom is 0.374 e. The molecule has 152 valence electrons. The molecule has 0 N–H and O–H groups in total. The first kappa shape index (κ1) is 19.5. The fourth-order valence-electron chi connectivity index (χ4n) is 3.85. The van der Waals surface area contributed by atoms with E-state index in [9.17, 15) is 4.79 Å². The van der Waals surface area contributed by atoms with Gasteiger partial charge in [0.25, 0.3) is 0 Å². The molecule has 0 aliphatic carbocycles. The quantitative estimate of drug-likeness (QED) is 0.557. The second-order valence-corrected chi connectivity index (χ2v) is 7.41. The first-order valence-electron chi connectivity index (χ1n) is 10.2. The van der Waals surface area contributed by atoms with Crippen LogP contribution in [0.1, 0.15) is 35.9 Å². The van der Waals surface area contributed by atoms with E-state index in [2.05, 4.69) is 16.0 Å². The van der Waals surface area contributed by atoms with E-state index in [-0.39, 0.29) is 5.76 Å². The van der Waals surface area contributed by atoms with Crippen molar-refractivity contribution in [2.75, 3.05) is 26.3 Å². The standard InChI is InChI=1S/C23H26N2O4/c1-2-27-23(26)22-12-19-20(8-3-9-21(19)29-22)28-16-18-7-5-11-25(15-18)14-17-6-4-10-24-13-17/h3-4,6,8-10,12-13,18H,2,5,7,11,14-16H2,1H3. The first-order valence-corrected chi connectivity index (χ1v) is 10.2. The summed E-state index contributed by atoms with van der Waals surface area (Å²) >= 11 is 0. The third kappa shape index (κ3) is 4.77. The number of hydrogen-bond acceptors (Lipinski definition) is 6. The highest BCUT2D eigenvalue weighted by Crippen LogP contribution is 2.30. The number of furan rings is 1. The largest absolute Gasteiger partial charge is 0.492 e. The van der Waals surface area contributed by atoms with Crippen molar-refractivity contribution in [1.82, 2.24) is 9.88 Å². The smallest absolute Gasteiger partial charge is 0.374 e. The lowest BCUT2D eigenvalue weighted by atomic mass is 9.98. The fraction of sp³-hybridized carbons (Fsp3) is 0.391. The van der Waals surface area contributed by atoms with Gasteiger partial charge in [0.15, 0.2) is 0 Å². The van der Waals surface area contributed by atoms with E-state index in [1.165, 1.54) is 5.56 Å². The molecule has 1 fully saturated rings. The number of esters is 1. The highest BCUT2D eigenvalue weighted by Gasteiger charge is 2.22. The van der Waals surface area contributed by atoms with Gasteiger partial charge in [-0.05, 0) is 50.1 Å². The van der Waals surface area contributed by atoms with Crippen molar-refractivity contribution >= 4 is 16.9 Å². The lowest BCUT2D eigenvalue weighted by molar-refractivity contribution is 0.0492. The Morgan fingerprint density at radius 1 is 1.31 bits per heavy atom. The van der Waals surface area contributed by atoms with Crippen LogP contribution in [-0.4, -0.2) is 42.2 Å². The summed E-state index contributed by atoms with van der Waals surface area (Å²) in [5, 5.41) is 0.804. The van der Waals surface area contributed by atoms with E-state index < -0.39 is 5.97 Å². The van der Waals surface area contributed by atoms with Crippen molar-refractivity contribution in [1.29, 1.82) is 0 Å². The van der Waals surface area contributed by atoms with Gasteiger partial charge in [-0.2, -0.15) is 0 Å². The number of benzene rings is 1. The van der Waals surface area contributed by atoms with Crippen LogP contribution >= 0.6 is 0 Å². The molecule has 6 nitrogen and oxygen atoms in total. The molecule has 4 rings (SSSR count). The minimum absolute atomic E-state index is 0.207. The van der Waals surface area contributed by atoms with Crippen molar-refractivity contribution in [3.8, 4) is 5.75 Å². The number of hydrogen-bond donors (Lipinski definition) is 0. The molecule has 0 bridgehead atoms. The van der Waals surface area contributed by atoms with Gasteiger partial charge in [-0.25, -0.2) is 4.79 Å². The minimum atomic E-state index is -0.451. The Labute approximate surface area is 170 Å². The van der Waals surface area contributed by atoms with Gasteiger partial charge in [-0.15, -0.1) is 0 Å². The first-order chi connectivity index (χ1) is 14.2. The Bertz CT molecular complexity index is 954. The van der Waals surface area contributed by atoms with Crippen molar-refractivity contribution < 1.29 is 18.7 Å². The van der Waals surface area contributed by atoms with Gasteiger partial charge in [0, 0.05) is 37.5 Å². The zero-order valence-electron chi connectivity index (χ0n) is 16.7. The second kappa shape index (κ2) is 9.09. The number of carbonyl (C=O) groups excluding carboxylic acids is 1. The number of carbonyl (C=O) groups is 1. The lowest BCUT2D eigenvalue weighted by Crippen LogP contribution is -2.37. The molecule has 0 radical (unpaired) electrons. The molecule has 29 heavy (non-hydrogen) atoms. The van der Waals surface area contributed by atoms with Crippen molar-refractivity contribution in [2.24, 2.45) is 5.92 Å². The summed E-state index contributed by atoms with van der Waals surface area (Å²) in [5.41, 5.74) is 1.87. The van der Waals surface area contributed by atoms with E-state index in [0.29, 0.717) is 24.7 Å². The summed E-state index contributed by atoms with van der Waals surface area (Å²) < 4.78 is 16.8. The third-order valence-corrected chi connectivity index (χ3v) is 5.20. The van der Waals surface area contributed by atoms with E-state index in [4.69, 9.17) is 13.9 Å². The zero-order chi connectivity index (χ0) is 20.1. The topological polar surface area (TPSA) is 64.8 Å². The van der Waals surface area contributed by atoms with Crippen molar-refractivity contribution in [3.63, 3.8) is 0 Å². The third-order valence-electron chi connectivity index (χ3n) is 5.20. The molecule has 1 aliphatic heterocycles. The lowest BCUT2D eigenvalue weighted by Gasteiger charge is -2.32. The molecule has 1 atom stereocenters. The van der Waals surface area contributed by atoms with Crippen LogP contribution in [0.4, 0.5) is 0 Å². The average molecular weight is 394 g/mol. The molecule has 2 aromatic heterocycles. The highest BCUT2D eigenvalue weighted by atomic mass is 16.5. The van der Waals surface area contributed by atoms with Crippen molar-refractivity contribution in [3.05, 3.63) is 60.1 Å². The molecule has 3 heterocycles. The summed E-state index contributed by atoms with van der Waals surface area (Å²) in [6, 6.07) is 11.4. The summed E-state index contributed by atoms with van der Waals surface area (Å²) in [6.07, 6.45) is 6.05. The second-order valence-electron chi connectivity index (χ2n) is 7.41. The summed E-state index contributed by atoms with van der Waals surface area (Å²) in [7, 11) is 0. The van der Waals surface area contributed by atoms with Crippen LogP contribution in [0, 0.1) is 5.92 Å². The number of ether oxygens (including phenoxy) is 2. The van der Waals surface area contributed by atoms with Gasteiger partial charge >= 0.3 is 5.97 Å². The Hall–Kier alpha value is -2.86. The highest BCUT2D eigenvalue weighted by molar-refractivity contribution is 5.94. The van der Waals surface area contributed by atoms with E-state index >= 15 is 0 Å². The Morgan fingerprint density at radius 3 is 3.07 bits per heavy atom. The molecule has 1 unspecified atom stereocenters. The van der Waals surface area contributed by atoms with E-state index in [1.807, 2.05) is 30.5 Å². The number of pyridine rings is 1. The Kier molecular flexibility index (Phi) is 6.10. The molecule has 1 aromatic carbocycles. The minimum Gasteiger partial charge on any atom is -0.492 e. The molecule has 1 aliphatic rings. The number of aromatic nitrogens is 1. The van der Waals surface area contributed by atoms with Gasteiger partial charge < -0.3 is 13.9 Å². The van der Waals surface area contributed by atoms with Gasteiger partial charge in [0.2, 0.25) is 5.76 Å². The van der Waals surface area contributed by atoms with Crippen LogP contribution in [0.3, 0.4) is 0 Å². The normalized spacial score (nSPS) is 17.3.